The fourth-order valence-corrected chi connectivity index (χ4v) is 2.11. The molecule has 112 valence electrons. The van der Waals surface area contributed by atoms with Crippen LogP contribution < -0.4 is 5.73 Å². The van der Waals surface area contributed by atoms with Crippen molar-refractivity contribution in [1.29, 1.82) is 0 Å². The van der Waals surface area contributed by atoms with Gasteiger partial charge in [0.15, 0.2) is 0 Å². The van der Waals surface area contributed by atoms with Crippen molar-refractivity contribution < 1.29 is 30.0 Å². The highest BCUT2D eigenvalue weighted by Crippen LogP contribution is 2.34. The number of halogens is 1. The lowest BCUT2D eigenvalue weighted by molar-refractivity contribution is -0.147. The third-order valence-electron chi connectivity index (χ3n) is 2.51. The molecule has 1 aliphatic heterocycles. The molecule has 0 saturated carbocycles. The van der Waals surface area contributed by atoms with E-state index in [9.17, 15) is 9.90 Å². The first-order valence-corrected chi connectivity index (χ1v) is 6.63. The molecule has 1 unspecified atom stereocenters. The number of rotatable bonds is 2. The Morgan fingerprint density at radius 3 is 2.45 bits per heavy atom. The molecule has 1 aromatic rings. The number of nitrogens with zero attached hydrogens (tertiary/aromatic N) is 1. The second kappa shape index (κ2) is 7.24. The minimum atomic E-state index is -1.79. The number of hydrogen-bond acceptors (Lipinski definition) is 7. The SMILES string of the molecule is NC(=O)c1cccnc1.OC[C@H]1OC(O)(I)[C@H](O)[C@@H]1O. The lowest BCUT2D eigenvalue weighted by Crippen LogP contribution is -2.38. The molecule has 1 aromatic heterocycles. The van der Waals surface area contributed by atoms with Gasteiger partial charge < -0.3 is 30.9 Å². The van der Waals surface area contributed by atoms with Crippen molar-refractivity contribution in [2.45, 2.75) is 22.1 Å². The molecular weight excluding hydrogens is 383 g/mol. The van der Waals surface area contributed by atoms with Gasteiger partial charge in [0.1, 0.15) is 18.3 Å². The Bertz CT molecular complexity index is 444. The number of nitrogens with two attached hydrogens (primary N) is 1. The molecule has 0 radical (unpaired) electrons. The second-order valence-electron chi connectivity index (χ2n) is 3.99. The number of ether oxygens (including phenoxy) is 1. The summed E-state index contributed by atoms with van der Waals surface area (Å²) in [7, 11) is 0. The molecule has 1 aliphatic rings. The zero-order valence-electron chi connectivity index (χ0n) is 10.3. The van der Waals surface area contributed by atoms with E-state index < -0.39 is 34.6 Å². The standard InChI is InChI=1S/C6H6N2O.C5H9IO5/c7-6(9)5-2-1-3-8-4-5;6-5(10)4(9)3(8)2(1-7)11-5/h1-4H,(H2,7,9);2-4,7-10H,1H2/t;2-,3-,4-,5?/m.1/s1. The Morgan fingerprint density at radius 2 is 2.20 bits per heavy atom. The molecule has 4 atom stereocenters. The molecule has 20 heavy (non-hydrogen) atoms. The van der Waals surface area contributed by atoms with E-state index in [0.717, 1.165) is 0 Å². The van der Waals surface area contributed by atoms with Crippen LogP contribution in [0, 0.1) is 0 Å². The van der Waals surface area contributed by atoms with Crippen LogP contribution in [-0.4, -0.2) is 60.0 Å². The zero-order chi connectivity index (χ0) is 15.3. The van der Waals surface area contributed by atoms with Gasteiger partial charge in [-0.1, -0.05) is 0 Å². The van der Waals surface area contributed by atoms with Crippen molar-refractivity contribution in [3.8, 4) is 0 Å². The summed E-state index contributed by atoms with van der Waals surface area (Å²) < 4.78 is 2.93. The molecular formula is C11H15IN2O6. The number of pyridine rings is 1. The summed E-state index contributed by atoms with van der Waals surface area (Å²) in [4.78, 5) is 14.1. The van der Waals surface area contributed by atoms with Gasteiger partial charge in [0.25, 0.3) is 0 Å². The number of aromatic nitrogens is 1. The number of primary amides is 1. The molecule has 0 aliphatic carbocycles. The average Bonchev–Trinajstić information content (AvgIpc) is 2.63. The summed E-state index contributed by atoms with van der Waals surface area (Å²) in [6.45, 7) is -0.427. The smallest absolute Gasteiger partial charge is 0.250 e. The van der Waals surface area contributed by atoms with E-state index in [0.29, 0.717) is 5.56 Å². The minimum Gasteiger partial charge on any atom is -0.394 e. The Morgan fingerprint density at radius 1 is 1.55 bits per heavy atom. The number of alkyl halides is 1. The van der Waals surface area contributed by atoms with E-state index in [1.165, 1.54) is 28.8 Å². The molecule has 1 fully saturated rings. The van der Waals surface area contributed by atoms with Gasteiger partial charge in [-0.3, -0.25) is 9.78 Å². The predicted molar refractivity (Wildman–Crippen MR) is 75.7 cm³/mol. The second-order valence-corrected chi connectivity index (χ2v) is 5.53. The zero-order valence-corrected chi connectivity index (χ0v) is 12.4. The van der Waals surface area contributed by atoms with Crippen LogP contribution in [0.4, 0.5) is 0 Å². The maximum Gasteiger partial charge on any atom is 0.250 e. The van der Waals surface area contributed by atoms with Crippen molar-refractivity contribution in [1.82, 2.24) is 4.98 Å². The van der Waals surface area contributed by atoms with Crippen LogP contribution in [0.1, 0.15) is 10.4 Å². The lowest BCUT2D eigenvalue weighted by atomic mass is 10.1. The summed E-state index contributed by atoms with van der Waals surface area (Å²) in [5.74, 6) is -0.442. The van der Waals surface area contributed by atoms with Crippen LogP contribution in [0.2, 0.25) is 0 Å². The van der Waals surface area contributed by atoms with Gasteiger partial charge in [-0.2, -0.15) is 0 Å². The molecule has 1 saturated heterocycles. The van der Waals surface area contributed by atoms with E-state index in [1.807, 2.05) is 0 Å². The summed E-state index contributed by atoms with van der Waals surface area (Å²) in [5.41, 5.74) is 5.38. The van der Waals surface area contributed by atoms with E-state index in [4.69, 9.17) is 25.8 Å². The third kappa shape index (κ3) is 4.33. The highest BCUT2D eigenvalue weighted by Gasteiger charge is 2.51. The lowest BCUT2D eigenvalue weighted by Gasteiger charge is -2.17. The monoisotopic (exact) mass is 398 g/mol. The maximum absolute atomic E-state index is 10.4. The van der Waals surface area contributed by atoms with Crippen molar-refractivity contribution in [3.05, 3.63) is 30.1 Å². The topological polar surface area (TPSA) is 146 Å². The van der Waals surface area contributed by atoms with Gasteiger partial charge >= 0.3 is 0 Å². The fraction of sp³-hybridized carbons (Fsp3) is 0.455. The Balaban J connectivity index is 0.000000204. The van der Waals surface area contributed by atoms with Crippen LogP contribution in [0.15, 0.2) is 24.5 Å². The first kappa shape index (κ1) is 17.2. The summed E-state index contributed by atoms with van der Waals surface area (Å²) in [5, 5.41) is 35.9. The van der Waals surface area contributed by atoms with Gasteiger partial charge in [-0.25, -0.2) is 0 Å². The minimum absolute atomic E-state index is 0.427. The number of carbonyl (C=O) groups is 1. The van der Waals surface area contributed by atoms with Crippen LogP contribution >= 0.6 is 22.6 Å². The Kier molecular flexibility index (Phi) is 6.23. The highest BCUT2D eigenvalue weighted by atomic mass is 127. The average molecular weight is 398 g/mol. The maximum atomic E-state index is 10.4. The number of amides is 1. The van der Waals surface area contributed by atoms with Crippen LogP contribution in [-0.2, 0) is 4.74 Å². The molecule has 0 aromatic carbocycles. The summed E-state index contributed by atoms with van der Waals surface area (Å²) in [6, 6.07) is 3.29. The molecule has 0 spiro atoms. The van der Waals surface area contributed by atoms with Gasteiger partial charge in [-0.05, 0) is 34.7 Å². The third-order valence-corrected chi connectivity index (χ3v) is 3.40. The molecule has 9 heteroatoms. The molecule has 0 bridgehead atoms. The largest absolute Gasteiger partial charge is 0.394 e. The van der Waals surface area contributed by atoms with Gasteiger partial charge in [0.05, 0.1) is 12.2 Å². The molecule has 6 N–H and O–H groups in total. The van der Waals surface area contributed by atoms with Gasteiger partial charge in [0, 0.05) is 12.4 Å². The van der Waals surface area contributed by atoms with E-state index >= 15 is 0 Å². The van der Waals surface area contributed by atoms with Gasteiger partial charge in [0.2, 0.25) is 9.70 Å². The van der Waals surface area contributed by atoms with Crippen molar-refractivity contribution >= 4 is 28.5 Å². The Labute approximate surface area is 128 Å². The number of aliphatic hydroxyl groups excluding tert-OH is 3. The van der Waals surface area contributed by atoms with Crippen molar-refractivity contribution in [2.24, 2.45) is 5.73 Å². The molecule has 2 heterocycles. The highest BCUT2D eigenvalue weighted by molar-refractivity contribution is 14.1. The van der Waals surface area contributed by atoms with Crippen LogP contribution in [0.5, 0.6) is 0 Å². The molecule has 1 amide bonds. The molecule has 8 nitrogen and oxygen atoms in total. The van der Waals surface area contributed by atoms with Crippen LogP contribution in [0.25, 0.3) is 0 Å². The first-order valence-electron chi connectivity index (χ1n) is 5.55. The molecule has 2 rings (SSSR count). The van der Waals surface area contributed by atoms with Crippen molar-refractivity contribution in [2.75, 3.05) is 6.61 Å². The normalized spacial score (nSPS) is 32.4. The number of carbonyl (C=O) groups excluding carboxylic acids is 1. The quantitative estimate of drug-likeness (QED) is 0.297. The van der Waals surface area contributed by atoms with Crippen molar-refractivity contribution in [3.63, 3.8) is 0 Å². The van der Waals surface area contributed by atoms with Crippen LogP contribution in [0.3, 0.4) is 0 Å². The number of hydrogen-bond donors (Lipinski definition) is 5. The van der Waals surface area contributed by atoms with Gasteiger partial charge in [-0.15, -0.1) is 0 Å². The predicted octanol–water partition coefficient (Wildman–Crippen LogP) is -1.64. The van der Waals surface area contributed by atoms with E-state index in [-0.39, 0.29) is 0 Å². The van der Waals surface area contributed by atoms with E-state index in [1.54, 1.807) is 18.3 Å². The first-order chi connectivity index (χ1) is 9.29. The summed E-state index contributed by atoms with van der Waals surface area (Å²) in [6.07, 6.45) is -0.497. The summed E-state index contributed by atoms with van der Waals surface area (Å²) >= 11 is 1.46. The van der Waals surface area contributed by atoms with E-state index in [2.05, 4.69) is 4.98 Å². The fourth-order valence-electron chi connectivity index (χ4n) is 1.42. The Hall–Kier alpha value is -0.850. The number of aliphatic hydroxyl groups is 4.